The van der Waals surface area contributed by atoms with Crippen LogP contribution in [-0.4, -0.2) is 17.8 Å². The molecule has 0 radical (unpaired) electrons. The zero-order chi connectivity index (χ0) is 15.4. The molecule has 0 saturated heterocycles. The van der Waals surface area contributed by atoms with Crippen molar-refractivity contribution >= 4 is 27.6 Å². The van der Waals surface area contributed by atoms with E-state index in [9.17, 15) is 9.59 Å². The number of primary amides is 1. The Balaban J connectivity index is 2.06. The Morgan fingerprint density at radius 2 is 1.52 bits per heavy atom. The van der Waals surface area contributed by atoms with Crippen LogP contribution in [0.2, 0.25) is 0 Å². The maximum atomic E-state index is 12.2. The number of Topliss-reactive ketones (excluding diaryl/α,β-unsaturated/α-hetero) is 1. The average Bonchev–Trinajstić information content (AvgIpc) is 2.47. The topological polar surface area (TPSA) is 69.4 Å². The molecule has 0 unspecified atom stereocenters. The van der Waals surface area contributed by atoms with Gasteiger partial charge in [-0.3, -0.25) is 9.59 Å². The highest BCUT2D eigenvalue weighted by Gasteiger charge is 2.16. The fourth-order valence-electron chi connectivity index (χ4n) is 1.80. The Hall–Kier alpha value is -2.14. The maximum Gasteiger partial charge on any atom is 0.248 e. The SMILES string of the molecule is C[C@H](Oc1ccc(C(N)=O)cc1)C(=O)c1ccc(Br)cc1. The summed E-state index contributed by atoms with van der Waals surface area (Å²) in [6.45, 7) is 1.69. The predicted octanol–water partition coefficient (Wildman–Crippen LogP) is 3.20. The molecule has 0 fully saturated rings. The number of hydrogen-bond donors (Lipinski definition) is 1. The van der Waals surface area contributed by atoms with Crippen LogP contribution in [0.5, 0.6) is 5.75 Å². The normalized spacial score (nSPS) is 11.7. The number of amides is 1. The first-order valence-corrected chi connectivity index (χ1v) is 7.13. The number of halogens is 1. The van der Waals surface area contributed by atoms with Gasteiger partial charge in [0.25, 0.3) is 0 Å². The van der Waals surface area contributed by atoms with Crippen LogP contribution >= 0.6 is 15.9 Å². The third-order valence-corrected chi connectivity index (χ3v) is 3.48. The van der Waals surface area contributed by atoms with E-state index in [4.69, 9.17) is 10.5 Å². The molecule has 0 saturated carbocycles. The van der Waals surface area contributed by atoms with E-state index in [2.05, 4.69) is 15.9 Å². The highest BCUT2D eigenvalue weighted by molar-refractivity contribution is 9.10. The lowest BCUT2D eigenvalue weighted by molar-refractivity contribution is 0.0817. The molecule has 2 rings (SSSR count). The smallest absolute Gasteiger partial charge is 0.248 e. The van der Waals surface area contributed by atoms with Gasteiger partial charge in [-0.2, -0.15) is 0 Å². The molecular weight excluding hydrogens is 334 g/mol. The van der Waals surface area contributed by atoms with E-state index in [-0.39, 0.29) is 5.78 Å². The van der Waals surface area contributed by atoms with Crippen LogP contribution < -0.4 is 10.5 Å². The molecule has 0 aliphatic heterocycles. The summed E-state index contributed by atoms with van der Waals surface area (Å²) in [6.07, 6.45) is -0.620. The maximum absolute atomic E-state index is 12.2. The quantitative estimate of drug-likeness (QED) is 0.844. The van der Waals surface area contributed by atoms with Crippen molar-refractivity contribution in [2.75, 3.05) is 0 Å². The van der Waals surface area contributed by atoms with Crippen molar-refractivity contribution in [1.29, 1.82) is 0 Å². The number of nitrogens with two attached hydrogens (primary N) is 1. The summed E-state index contributed by atoms with van der Waals surface area (Å²) in [5, 5.41) is 0. The van der Waals surface area contributed by atoms with Gasteiger partial charge in [0.15, 0.2) is 6.10 Å². The van der Waals surface area contributed by atoms with E-state index >= 15 is 0 Å². The van der Waals surface area contributed by atoms with Crippen molar-refractivity contribution in [3.8, 4) is 5.75 Å². The number of benzene rings is 2. The summed E-state index contributed by atoms with van der Waals surface area (Å²) in [5.41, 5.74) is 6.14. The molecule has 2 aromatic rings. The second-order valence-corrected chi connectivity index (χ2v) is 5.44. The Kier molecular flexibility index (Phi) is 4.75. The minimum atomic E-state index is -0.620. The largest absolute Gasteiger partial charge is 0.483 e. The Morgan fingerprint density at radius 3 is 2.05 bits per heavy atom. The minimum Gasteiger partial charge on any atom is -0.483 e. The average molecular weight is 348 g/mol. The van der Waals surface area contributed by atoms with Crippen LogP contribution in [-0.2, 0) is 0 Å². The molecule has 0 aliphatic carbocycles. The van der Waals surface area contributed by atoms with E-state index in [1.54, 1.807) is 43.3 Å². The van der Waals surface area contributed by atoms with Crippen LogP contribution in [0.15, 0.2) is 53.0 Å². The predicted molar refractivity (Wildman–Crippen MR) is 83.5 cm³/mol. The van der Waals surface area contributed by atoms with Gasteiger partial charge in [0, 0.05) is 15.6 Å². The highest BCUT2D eigenvalue weighted by atomic mass is 79.9. The second-order valence-electron chi connectivity index (χ2n) is 4.52. The molecule has 1 atom stereocenters. The molecule has 0 aliphatic rings. The molecule has 4 nitrogen and oxygen atoms in total. The van der Waals surface area contributed by atoms with Crippen molar-refractivity contribution in [1.82, 2.24) is 0 Å². The molecule has 2 N–H and O–H groups in total. The van der Waals surface area contributed by atoms with Crippen molar-refractivity contribution in [2.45, 2.75) is 13.0 Å². The lowest BCUT2D eigenvalue weighted by atomic mass is 10.1. The molecule has 0 heterocycles. The summed E-state index contributed by atoms with van der Waals surface area (Å²) in [4.78, 5) is 23.2. The van der Waals surface area contributed by atoms with E-state index in [0.717, 1.165) is 4.47 Å². The summed E-state index contributed by atoms with van der Waals surface area (Å²) in [5.74, 6) is -0.0972. The van der Waals surface area contributed by atoms with Crippen LogP contribution in [0.25, 0.3) is 0 Å². The van der Waals surface area contributed by atoms with Gasteiger partial charge >= 0.3 is 0 Å². The fraction of sp³-hybridized carbons (Fsp3) is 0.125. The van der Waals surface area contributed by atoms with Gasteiger partial charge in [-0.15, -0.1) is 0 Å². The number of carbonyl (C=O) groups excluding carboxylic acids is 2. The van der Waals surface area contributed by atoms with Crippen LogP contribution in [0.3, 0.4) is 0 Å². The fourth-order valence-corrected chi connectivity index (χ4v) is 2.07. The van der Waals surface area contributed by atoms with Gasteiger partial charge < -0.3 is 10.5 Å². The number of hydrogen-bond acceptors (Lipinski definition) is 3. The van der Waals surface area contributed by atoms with Gasteiger partial charge in [0.2, 0.25) is 11.7 Å². The van der Waals surface area contributed by atoms with Crippen molar-refractivity contribution < 1.29 is 14.3 Å². The summed E-state index contributed by atoms with van der Waals surface area (Å²) >= 11 is 3.32. The summed E-state index contributed by atoms with van der Waals surface area (Å²) in [7, 11) is 0. The van der Waals surface area contributed by atoms with Crippen LogP contribution in [0.1, 0.15) is 27.6 Å². The van der Waals surface area contributed by atoms with Gasteiger partial charge in [0.1, 0.15) is 5.75 Å². The van der Waals surface area contributed by atoms with Crippen molar-refractivity contribution in [3.63, 3.8) is 0 Å². The molecule has 0 bridgehead atoms. The molecule has 21 heavy (non-hydrogen) atoms. The molecule has 5 heteroatoms. The Bertz CT molecular complexity index is 650. The second kappa shape index (κ2) is 6.54. The standard InChI is InChI=1S/C16H14BrNO3/c1-10(15(19)11-2-6-13(17)7-3-11)21-14-8-4-12(5-9-14)16(18)20/h2-10H,1H3,(H2,18,20)/t10-/m0/s1. The van der Waals surface area contributed by atoms with Gasteiger partial charge in [-0.25, -0.2) is 0 Å². The zero-order valence-electron chi connectivity index (χ0n) is 11.4. The number of ether oxygens (including phenoxy) is 1. The van der Waals surface area contributed by atoms with Crippen molar-refractivity contribution in [3.05, 3.63) is 64.1 Å². The molecular formula is C16H14BrNO3. The summed E-state index contributed by atoms with van der Waals surface area (Å²) < 4.78 is 6.49. The Labute approximate surface area is 131 Å². The van der Waals surface area contributed by atoms with Gasteiger partial charge in [-0.05, 0) is 43.3 Å². The molecule has 0 aromatic heterocycles. The molecule has 2 aromatic carbocycles. The third-order valence-electron chi connectivity index (χ3n) is 2.95. The first-order chi connectivity index (χ1) is 9.97. The number of ketones is 1. The van der Waals surface area contributed by atoms with E-state index < -0.39 is 12.0 Å². The minimum absolute atomic E-state index is 0.110. The number of carbonyl (C=O) groups is 2. The molecule has 0 spiro atoms. The van der Waals surface area contributed by atoms with Crippen molar-refractivity contribution in [2.24, 2.45) is 5.73 Å². The first kappa shape index (κ1) is 15.3. The number of rotatable bonds is 5. The van der Waals surface area contributed by atoms with Crippen LogP contribution in [0, 0.1) is 0 Å². The lowest BCUT2D eigenvalue weighted by Crippen LogP contribution is -2.23. The first-order valence-electron chi connectivity index (χ1n) is 6.33. The third kappa shape index (κ3) is 3.92. The Morgan fingerprint density at radius 1 is 1.00 bits per heavy atom. The van der Waals surface area contributed by atoms with Gasteiger partial charge in [0.05, 0.1) is 0 Å². The monoisotopic (exact) mass is 347 g/mol. The summed E-state index contributed by atoms with van der Waals surface area (Å²) in [6, 6.07) is 13.5. The molecule has 108 valence electrons. The molecule has 1 amide bonds. The van der Waals surface area contributed by atoms with E-state index in [1.807, 2.05) is 12.1 Å². The van der Waals surface area contributed by atoms with E-state index in [1.165, 1.54) is 0 Å². The highest BCUT2D eigenvalue weighted by Crippen LogP contribution is 2.17. The van der Waals surface area contributed by atoms with Crippen LogP contribution in [0.4, 0.5) is 0 Å². The van der Waals surface area contributed by atoms with E-state index in [0.29, 0.717) is 16.9 Å². The van der Waals surface area contributed by atoms with Gasteiger partial charge in [-0.1, -0.05) is 28.1 Å². The lowest BCUT2D eigenvalue weighted by Gasteiger charge is -2.14. The zero-order valence-corrected chi connectivity index (χ0v) is 13.0.